The van der Waals surface area contributed by atoms with Crippen LogP contribution in [0.1, 0.15) is 24.2 Å². The van der Waals surface area contributed by atoms with Crippen LogP contribution < -0.4 is 5.32 Å². The summed E-state index contributed by atoms with van der Waals surface area (Å²) >= 11 is 1.47. The number of hydrogen-bond donors (Lipinski definition) is 1. The van der Waals surface area contributed by atoms with E-state index in [1.165, 1.54) is 16.2 Å². The molecule has 4 nitrogen and oxygen atoms in total. The average Bonchev–Trinajstić information content (AvgIpc) is 2.67. The van der Waals surface area contributed by atoms with Crippen molar-refractivity contribution >= 4 is 23.2 Å². The first-order valence-corrected chi connectivity index (χ1v) is 6.02. The first-order valence-electron chi connectivity index (χ1n) is 5.07. The van der Waals surface area contributed by atoms with E-state index < -0.39 is 0 Å². The fraction of sp³-hybridized carbons (Fsp3) is 0.455. The quantitative estimate of drug-likeness (QED) is 0.863. The monoisotopic (exact) mass is 240 g/mol. The van der Waals surface area contributed by atoms with Crippen molar-refractivity contribution in [2.45, 2.75) is 19.9 Å². The van der Waals surface area contributed by atoms with E-state index in [0.29, 0.717) is 5.56 Å². The molecule has 0 fully saturated rings. The van der Waals surface area contributed by atoms with E-state index in [1.807, 2.05) is 19.2 Å². The second kappa shape index (κ2) is 5.65. The molecule has 0 saturated carbocycles. The van der Waals surface area contributed by atoms with Crippen molar-refractivity contribution in [3.8, 4) is 0 Å². The normalized spacial score (nSPS) is 10.2. The zero-order chi connectivity index (χ0) is 12.1. The molecule has 1 aromatic rings. The number of carbonyl (C=O) groups is 2. The van der Waals surface area contributed by atoms with Crippen molar-refractivity contribution in [1.82, 2.24) is 10.2 Å². The summed E-state index contributed by atoms with van der Waals surface area (Å²) in [4.78, 5) is 24.6. The van der Waals surface area contributed by atoms with Crippen LogP contribution in [0.3, 0.4) is 0 Å². The summed E-state index contributed by atoms with van der Waals surface area (Å²) in [6.45, 7) is 3.87. The molecule has 0 saturated heterocycles. The van der Waals surface area contributed by atoms with E-state index in [1.54, 1.807) is 18.5 Å². The predicted octanol–water partition coefficient (Wildman–Crippen LogP) is 1.34. The van der Waals surface area contributed by atoms with E-state index in [4.69, 9.17) is 0 Å². The Hall–Kier alpha value is -1.36. The summed E-state index contributed by atoms with van der Waals surface area (Å²) < 4.78 is 0. The second-order valence-electron chi connectivity index (χ2n) is 3.90. The molecule has 0 aliphatic carbocycles. The van der Waals surface area contributed by atoms with Gasteiger partial charge in [0.25, 0.3) is 5.91 Å². The smallest absolute Gasteiger partial charge is 0.254 e. The lowest BCUT2D eigenvalue weighted by Crippen LogP contribution is -2.40. The highest BCUT2D eigenvalue weighted by Gasteiger charge is 2.15. The Morgan fingerprint density at radius 3 is 2.69 bits per heavy atom. The number of carbonyl (C=O) groups excluding carboxylic acids is 2. The Bertz CT molecular complexity index is 360. The lowest BCUT2D eigenvalue weighted by Gasteiger charge is -2.17. The Balaban J connectivity index is 2.49. The molecule has 0 aliphatic heterocycles. The summed E-state index contributed by atoms with van der Waals surface area (Å²) in [6, 6.07) is 1.85. The molecule has 0 aromatic carbocycles. The first-order chi connectivity index (χ1) is 7.50. The van der Waals surface area contributed by atoms with Gasteiger partial charge in [-0.3, -0.25) is 9.59 Å². The molecule has 5 heteroatoms. The SMILES string of the molecule is CC(C)NC(=O)CN(C)C(=O)c1ccsc1. The van der Waals surface area contributed by atoms with Crippen molar-refractivity contribution in [3.63, 3.8) is 0 Å². The van der Waals surface area contributed by atoms with Crippen molar-refractivity contribution in [1.29, 1.82) is 0 Å². The van der Waals surface area contributed by atoms with Gasteiger partial charge in [-0.05, 0) is 25.3 Å². The fourth-order valence-electron chi connectivity index (χ4n) is 1.26. The van der Waals surface area contributed by atoms with Gasteiger partial charge in [0.2, 0.25) is 5.91 Å². The summed E-state index contributed by atoms with van der Waals surface area (Å²) in [5.74, 6) is -0.263. The molecular formula is C11H16N2O2S. The van der Waals surface area contributed by atoms with Gasteiger partial charge in [-0.15, -0.1) is 0 Å². The molecule has 1 aromatic heterocycles. The third kappa shape index (κ3) is 3.66. The maximum atomic E-state index is 11.8. The summed E-state index contributed by atoms with van der Waals surface area (Å²) in [6.07, 6.45) is 0. The van der Waals surface area contributed by atoms with Crippen LogP contribution in [0.25, 0.3) is 0 Å². The van der Waals surface area contributed by atoms with Crippen LogP contribution in [0.2, 0.25) is 0 Å². The minimum absolute atomic E-state index is 0.0901. The van der Waals surface area contributed by atoms with E-state index in [-0.39, 0.29) is 24.4 Å². The van der Waals surface area contributed by atoms with Crippen molar-refractivity contribution in [2.75, 3.05) is 13.6 Å². The maximum Gasteiger partial charge on any atom is 0.254 e. The zero-order valence-electron chi connectivity index (χ0n) is 9.69. The Kier molecular flexibility index (Phi) is 4.49. The predicted molar refractivity (Wildman–Crippen MR) is 64.6 cm³/mol. The molecule has 16 heavy (non-hydrogen) atoms. The van der Waals surface area contributed by atoms with Crippen LogP contribution in [0.4, 0.5) is 0 Å². The molecule has 0 radical (unpaired) electrons. The van der Waals surface area contributed by atoms with Crippen LogP contribution in [0.15, 0.2) is 16.8 Å². The number of nitrogens with one attached hydrogen (secondary N) is 1. The van der Waals surface area contributed by atoms with Gasteiger partial charge in [-0.25, -0.2) is 0 Å². The minimum atomic E-state index is -0.138. The van der Waals surface area contributed by atoms with E-state index in [9.17, 15) is 9.59 Å². The van der Waals surface area contributed by atoms with Gasteiger partial charge in [0.1, 0.15) is 0 Å². The standard InChI is InChI=1S/C11H16N2O2S/c1-8(2)12-10(14)6-13(3)11(15)9-4-5-16-7-9/h4-5,7-8H,6H2,1-3H3,(H,12,14). The van der Waals surface area contributed by atoms with Crippen LogP contribution in [-0.4, -0.2) is 36.3 Å². The maximum absolute atomic E-state index is 11.8. The van der Waals surface area contributed by atoms with Gasteiger partial charge in [-0.2, -0.15) is 11.3 Å². The summed E-state index contributed by atoms with van der Waals surface area (Å²) in [5, 5.41) is 6.36. The number of thiophene rings is 1. The van der Waals surface area contributed by atoms with Gasteiger partial charge < -0.3 is 10.2 Å². The topological polar surface area (TPSA) is 49.4 Å². The minimum Gasteiger partial charge on any atom is -0.352 e. The molecule has 0 bridgehead atoms. The number of nitrogens with zero attached hydrogens (tertiary/aromatic N) is 1. The number of amides is 2. The highest BCUT2D eigenvalue weighted by molar-refractivity contribution is 7.08. The third-order valence-electron chi connectivity index (χ3n) is 1.95. The molecule has 1 heterocycles. The van der Waals surface area contributed by atoms with Gasteiger partial charge >= 0.3 is 0 Å². The van der Waals surface area contributed by atoms with Gasteiger partial charge in [0, 0.05) is 18.5 Å². The summed E-state index contributed by atoms with van der Waals surface area (Å²) in [5.41, 5.74) is 0.629. The van der Waals surface area contributed by atoms with Crippen molar-refractivity contribution in [3.05, 3.63) is 22.4 Å². The van der Waals surface area contributed by atoms with E-state index in [0.717, 1.165) is 0 Å². The lowest BCUT2D eigenvalue weighted by atomic mass is 10.3. The first kappa shape index (κ1) is 12.7. The number of hydrogen-bond acceptors (Lipinski definition) is 3. The fourth-order valence-corrected chi connectivity index (χ4v) is 1.89. The van der Waals surface area contributed by atoms with Crippen LogP contribution in [-0.2, 0) is 4.79 Å². The highest BCUT2D eigenvalue weighted by Crippen LogP contribution is 2.08. The van der Waals surface area contributed by atoms with Crippen molar-refractivity contribution in [2.24, 2.45) is 0 Å². The Morgan fingerprint density at radius 2 is 2.19 bits per heavy atom. The molecule has 0 aliphatic rings. The Morgan fingerprint density at radius 1 is 1.50 bits per heavy atom. The van der Waals surface area contributed by atoms with Gasteiger partial charge in [0.15, 0.2) is 0 Å². The lowest BCUT2D eigenvalue weighted by molar-refractivity contribution is -0.122. The third-order valence-corrected chi connectivity index (χ3v) is 2.63. The molecule has 2 amide bonds. The van der Waals surface area contributed by atoms with Crippen LogP contribution in [0.5, 0.6) is 0 Å². The summed E-state index contributed by atoms with van der Waals surface area (Å²) in [7, 11) is 1.62. The number of rotatable bonds is 4. The highest BCUT2D eigenvalue weighted by atomic mass is 32.1. The average molecular weight is 240 g/mol. The molecule has 0 spiro atoms. The zero-order valence-corrected chi connectivity index (χ0v) is 10.5. The molecule has 1 rings (SSSR count). The molecule has 1 N–H and O–H groups in total. The van der Waals surface area contributed by atoms with Gasteiger partial charge in [-0.1, -0.05) is 0 Å². The van der Waals surface area contributed by atoms with Crippen LogP contribution in [0, 0.1) is 0 Å². The van der Waals surface area contributed by atoms with E-state index in [2.05, 4.69) is 5.32 Å². The second-order valence-corrected chi connectivity index (χ2v) is 4.68. The number of likely N-dealkylation sites (N-methyl/N-ethyl adjacent to an activating group) is 1. The van der Waals surface area contributed by atoms with Gasteiger partial charge in [0.05, 0.1) is 12.1 Å². The molecule has 88 valence electrons. The largest absolute Gasteiger partial charge is 0.352 e. The van der Waals surface area contributed by atoms with Crippen molar-refractivity contribution < 1.29 is 9.59 Å². The van der Waals surface area contributed by atoms with E-state index >= 15 is 0 Å². The van der Waals surface area contributed by atoms with Crippen LogP contribution >= 0.6 is 11.3 Å². The molecular weight excluding hydrogens is 224 g/mol. The molecule has 0 atom stereocenters. The molecule has 0 unspecified atom stereocenters. The Labute approximate surface area is 99.3 Å².